The summed E-state index contributed by atoms with van der Waals surface area (Å²) >= 11 is 1.39. The monoisotopic (exact) mass is 196 g/mol. The highest BCUT2D eigenvalue weighted by Crippen LogP contribution is 1.95. The van der Waals surface area contributed by atoms with E-state index in [2.05, 4.69) is 4.99 Å². The Hall–Kier alpha value is -1.36. The Labute approximate surface area is 80.6 Å². The van der Waals surface area contributed by atoms with Gasteiger partial charge in [0.1, 0.15) is 0 Å². The Morgan fingerprint density at radius 2 is 2.62 bits per heavy atom. The molecule has 0 fully saturated rings. The number of nitrogens with two attached hydrogens (primary N) is 1. The third kappa shape index (κ3) is 2.55. The summed E-state index contributed by atoms with van der Waals surface area (Å²) in [4.78, 5) is 4.39. The van der Waals surface area contributed by atoms with Gasteiger partial charge < -0.3 is 10.3 Å². The molecular weight excluding hydrogens is 184 g/mol. The smallest absolute Gasteiger partial charge is 0.182 e. The van der Waals surface area contributed by atoms with Crippen molar-refractivity contribution in [2.24, 2.45) is 10.7 Å². The maximum atomic E-state index is 7.52. The Balaban J connectivity index is 2.79. The minimum absolute atomic E-state index is 0.517. The molecule has 0 atom stereocenters. The summed E-state index contributed by atoms with van der Waals surface area (Å²) in [5.41, 5.74) is 6.30. The zero-order valence-electron chi connectivity index (χ0n) is 7.40. The van der Waals surface area contributed by atoms with Crippen molar-refractivity contribution < 1.29 is 0 Å². The zero-order chi connectivity index (χ0) is 9.68. The maximum Gasteiger partial charge on any atom is 0.182 e. The average molecular weight is 196 g/mol. The van der Waals surface area contributed by atoms with E-state index in [1.54, 1.807) is 13.3 Å². The molecule has 0 aromatic carbocycles. The molecule has 0 radical (unpaired) electrons. The van der Waals surface area contributed by atoms with E-state index in [1.807, 2.05) is 16.1 Å². The fraction of sp³-hybridized carbons (Fsp3) is 0.250. The summed E-state index contributed by atoms with van der Waals surface area (Å²) in [6, 6.07) is 0. The quantitative estimate of drug-likeness (QED) is 0.682. The summed E-state index contributed by atoms with van der Waals surface area (Å²) in [5.74, 6) is 0. The minimum atomic E-state index is 0.517. The van der Waals surface area contributed by atoms with Gasteiger partial charge in [0.05, 0.1) is 6.54 Å². The third-order valence-electron chi connectivity index (χ3n) is 1.54. The van der Waals surface area contributed by atoms with E-state index in [9.17, 15) is 0 Å². The second-order valence-corrected chi connectivity index (χ2v) is 3.36. The van der Waals surface area contributed by atoms with Gasteiger partial charge in [-0.2, -0.15) is 0 Å². The largest absolute Gasteiger partial charge is 0.404 e. The molecule has 1 aromatic rings. The number of hydrogen-bond acceptors (Lipinski definition) is 4. The molecular formula is C8H12N4S. The van der Waals surface area contributed by atoms with Crippen molar-refractivity contribution in [1.82, 2.24) is 4.57 Å². The molecule has 0 spiro atoms. The minimum Gasteiger partial charge on any atom is -0.404 e. The van der Waals surface area contributed by atoms with E-state index < -0.39 is 0 Å². The van der Waals surface area contributed by atoms with Crippen LogP contribution in [0, 0.1) is 5.41 Å². The first-order valence-corrected chi connectivity index (χ1v) is 4.67. The summed E-state index contributed by atoms with van der Waals surface area (Å²) in [7, 11) is 1.70. The highest BCUT2D eigenvalue weighted by Gasteiger charge is 1.96. The van der Waals surface area contributed by atoms with E-state index in [4.69, 9.17) is 11.1 Å². The van der Waals surface area contributed by atoms with Gasteiger partial charge in [0, 0.05) is 36.6 Å². The molecule has 1 heterocycles. The highest BCUT2D eigenvalue weighted by atomic mass is 32.1. The predicted octanol–water partition coefficient (Wildman–Crippen LogP) is 0.572. The molecule has 70 valence electrons. The molecule has 0 aliphatic carbocycles. The standard InChI is InChI=1S/C8H12N4S/c1-11-5-7(4-9)6-12-2-3-13-8(12)10/h2-5,10H,6,9H2,1H3/b7-4+,10-8?,11-5?. The second kappa shape index (κ2) is 4.61. The van der Waals surface area contributed by atoms with Crippen LogP contribution in [0.25, 0.3) is 0 Å². The van der Waals surface area contributed by atoms with E-state index in [0.717, 1.165) is 5.57 Å². The summed E-state index contributed by atoms with van der Waals surface area (Å²) in [6.07, 6.45) is 5.07. The first kappa shape index (κ1) is 9.73. The van der Waals surface area contributed by atoms with Crippen LogP contribution in [-0.4, -0.2) is 17.8 Å². The molecule has 0 bridgehead atoms. The van der Waals surface area contributed by atoms with Crippen molar-refractivity contribution in [3.63, 3.8) is 0 Å². The molecule has 0 saturated heterocycles. The maximum absolute atomic E-state index is 7.52. The van der Waals surface area contributed by atoms with E-state index >= 15 is 0 Å². The molecule has 0 amide bonds. The fourth-order valence-corrected chi connectivity index (χ4v) is 1.52. The lowest BCUT2D eigenvalue weighted by molar-refractivity contribution is 0.765. The number of aromatic nitrogens is 1. The second-order valence-electron chi connectivity index (χ2n) is 2.46. The van der Waals surface area contributed by atoms with Crippen LogP contribution >= 0.6 is 11.3 Å². The SMILES string of the molecule is CN=C/C(=C\N)Cn1ccsc1=N. The molecule has 13 heavy (non-hydrogen) atoms. The molecule has 1 rings (SSSR count). The normalized spacial score (nSPS) is 12.5. The summed E-state index contributed by atoms with van der Waals surface area (Å²) in [5, 5.41) is 9.39. The van der Waals surface area contributed by atoms with Gasteiger partial charge >= 0.3 is 0 Å². The van der Waals surface area contributed by atoms with Crippen molar-refractivity contribution in [2.75, 3.05) is 7.05 Å². The van der Waals surface area contributed by atoms with Crippen LogP contribution < -0.4 is 10.5 Å². The van der Waals surface area contributed by atoms with Gasteiger partial charge in [0.2, 0.25) is 0 Å². The van der Waals surface area contributed by atoms with E-state index in [-0.39, 0.29) is 0 Å². The Kier molecular flexibility index (Phi) is 3.45. The molecule has 0 aliphatic rings. The van der Waals surface area contributed by atoms with Crippen molar-refractivity contribution >= 4 is 17.6 Å². The Morgan fingerprint density at radius 1 is 1.85 bits per heavy atom. The van der Waals surface area contributed by atoms with Crippen LogP contribution in [0.3, 0.4) is 0 Å². The number of nitrogens with one attached hydrogen (secondary N) is 1. The van der Waals surface area contributed by atoms with Gasteiger partial charge in [-0.3, -0.25) is 10.4 Å². The molecule has 4 nitrogen and oxygen atoms in total. The number of nitrogens with zero attached hydrogens (tertiary/aromatic N) is 2. The van der Waals surface area contributed by atoms with Crippen LogP contribution in [0.5, 0.6) is 0 Å². The molecule has 0 aliphatic heterocycles. The lowest BCUT2D eigenvalue weighted by Gasteiger charge is -2.01. The molecule has 5 heteroatoms. The number of rotatable bonds is 3. The van der Waals surface area contributed by atoms with Crippen molar-refractivity contribution in [1.29, 1.82) is 5.41 Å². The van der Waals surface area contributed by atoms with Crippen LogP contribution in [0.4, 0.5) is 0 Å². The van der Waals surface area contributed by atoms with E-state index in [1.165, 1.54) is 17.5 Å². The number of aliphatic imine (C=N–C) groups is 1. The third-order valence-corrected chi connectivity index (χ3v) is 2.26. The van der Waals surface area contributed by atoms with Crippen LogP contribution in [0.1, 0.15) is 0 Å². The number of thiazole rings is 1. The van der Waals surface area contributed by atoms with Crippen LogP contribution in [0.2, 0.25) is 0 Å². The average Bonchev–Trinajstić information content (AvgIpc) is 2.51. The topological polar surface area (TPSA) is 67.2 Å². The van der Waals surface area contributed by atoms with Crippen molar-refractivity contribution in [2.45, 2.75) is 6.54 Å². The fourth-order valence-electron chi connectivity index (χ4n) is 0.927. The van der Waals surface area contributed by atoms with Gasteiger partial charge in [-0.1, -0.05) is 0 Å². The summed E-state index contributed by atoms with van der Waals surface area (Å²) < 4.78 is 1.81. The van der Waals surface area contributed by atoms with E-state index in [0.29, 0.717) is 11.3 Å². The first-order valence-electron chi connectivity index (χ1n) is 3.79. The molecule has 0 unspecified atom stereocenters. The molecule has 3 N–H and O–H groups in total. The lowest BCUT2D eigenvalue weighted by atomic mass is 10.3. The highest BCUT2D eigenvalue weighted by molar-refractivity contribution is 7.06. The molecule has 1 aromatic heterocycles. The van der Waals surface area contributed by atoms with Gasteiger partial charge in [-0.15, -0.1) is 11.3 Å². The van der Waals surface area contributed by atoms with Crippen LogP contribution in [0.15, 0.2) is 28.3 Å². The van der Waals surface area contributed by atoms with Gasteiger partial charge in [-0.05, 0) is 0 Å². The molecule has 0 saturated carbocycles. The lowest BCUT2D eigenvalue weighted by Crippen LogP contribution is -2.14. The summed E-state index contributed by atoms with van der Waals surface area (Å²) in [6.45, 7) is 0.607. The predicted molar refractivity (Wildman–Crippen MR) is 54.9 cm³/mol. The Morgan fingerprint density at radius 3 is 3.08 bits per heavy atom. The first-order chi connectivity index (χ1) is 6.27. The van der Waals surface area contributed by atoms with Gasteiger partial charge in [0.15, 0.2) is 4.80 Å². The van der Waals surface area contributed by atoms with Crippen molar-refractivity contribution in [3.05, 3.63) is 28.2 Å². The van der Waals surface area contributed by atoms with Crippen LogP contribution in [-0.2, 0) is 6.54 Å². The van der Waals surface area contributed by atoms with Gasteiger partial charge in [-0.25, -0.2) is 0 Å². The number of allylic oxidation sites excluding steroid dienone is 1. The van der Waals surface area contributed by atoms with Crippen molar-refractivity contribution in [3.8, 4) is 0 Å². The van der Waals surface area contributed by atoms with Gasteiger partial charge in [0.25, 0.3) is 0 Å². The number of hydrogen-bond donors (Lipinski definition) is 2. The Bertz CT molecular complexity index is 371. The zero-order valence-corrected chi connectivity index (χ0v) is 8.21.